The molecule has 0 aliphatic carbocycles. The van der Waals surface area contributed by atoms with E-state index in [0.717, 1.165) is 5.75 Å². The molecule has 1 aliphatic heterocycles. The van der Waals surface area contributed by atoms with Gasteiger partial charge in [0.15, 0.2) is 0 Å². The van der Waals surface area contributed by atoms with E-state index >= 15 is 0 Å². The Morgan fingerprint density at radius 1 is 1.45 bits per heavy atom. The zero-order valence-electron chi connectivity index (χ0n) is 6.79. The van der Waals surface area contributed by atoms with E-state index in [2.05, 4.69) is 26.0 Å². The standard InChI is InChI=1S/C10H11O/c1-7-8(2)11-10-6-4-3-5-9(7)10/h3,5-8H,1-2H3. The van der Waals surface area contributed by atoms with E-state index in [1.165, 1.54) is 5.56 Å². The van der Waals surface area contributed by atoms with Crippen LogP contribution in [-0.2, 0) is 0 Å². The summed E-state index contributed by atoms with van der Waals surface area (Å²) in [5, 5.41) is 0. The van der Waals surface area contributed by atoms with Crippen molar-refractivity contribution >= 4 is 0 Å². The van der Waals surface area contributed by atoms with Gasteiger partial charge in [-0.15, -0.1) is 0 Å². The highest BCUT2D eigenvalue weighted by atomic mass is 16.5. The molecule has 1 heteroatoms. The molecule has 0 saturated heterocycles. The van der Waals surface area contributed by atoms with E-state index in [9.17, 15) is 0 Å². The van der Waals surface area contributed by atoms with Gasteiger partial charge in [-0.1, -0.05) is 19.1 Å². The zero-order chi connectivity index (χ0) is 7.84. The zero-order valence-corrected chi connectivity index (χ0v) is 6.79. The van der Waals surface area contributed by atoms with E-state index in [1.54, 1.807) is 0 Å². The summed E-state index contributed by atoms with van der Waals surface area (Å²) in [7, 11) is 0. The minimum atomic E-state index is 0.320. The number of fused-ring (bicyclic) bond motifs is 1. The highest BCUT2D eigenvalue weighted by Gasteiger charge is 2.26. The molecule has 1 aliphatic rings. The molecule has 0 N–H and O–H groups in total. The summed E-state index contributed by atoms with van der Waals surface area (Å²) in [6.45, 7) is 4.29. The van der Waals surface area contributed by atoms with Crippen LogP contribution in [-0.4, -0.2) is 6.10 Å². The van der Waals surface area contributed by atoms with Crippen molar-refractivity contribution < 1.29 is 4.74 Å². The smallest absolute Gasteiger partial charge is 0.123 e. The van der Waals surface area contributed by atoms with E-state index in [1.807, 2.05) is 12.1 Å². The van der Waals surface area contributed by atoms with Crippen molar-refractivity contribution in [1.82, 2.24) is 0 Å². The molecule has 0 spiro atoms. The summed E-state index contributed by atoms with van der Waals surface area (Å²) in [6, 6.07) is 8.95. The Labute approximate surface area is 67.0 Å². The Balaban J connectivity index is 2.47. The second-order valence-corrected chi connectivity index (χ2v) is 3.08. The molecule has 1 radical (unpaired) electrons. The summed E-state index contributed by atoms with van der Waals surface area (Å²) in [5.41, 5.74) is 1.32. The Kier molecular flexibility index (Phi) is 1.38. The Bertz CT molecular complexity index is 267. The van der Waals surface area contributed by atoms with Crippen molar-refractivity contribution in [3.05, 3.63) is 29.8 Å². The predicted octanol–water partition coefficient (Wildman–Crippen LogP) is 2.37. The maximum absolute atomic E-state index is 5.59. The van der Waals surface area contributed by atoms with Crippen molar-refractivity contribution in [3.8, 4) is 5.75 Å². The van der Waals surface area contributed by atoms with Crippen LogP contribution in [0.4, 0.5) is 0 Å². The fraction of sp³-hybridized carbons (Fsp3) is 0.400. The maximum atomic E-state index is 5.59. The Morgan fingerprint density at radius 3 is 3.00 bits per heavy atom. The van der Waals surface area contributed by atoms with Gasteiger partial charge in [0.25, 0.3) is 0 Å². The third-order valence-corrected chi connectivity index (χ3v) is 2.37. The molecule has 2 rings (SSSR count). The molecule has 0 saturated carbocycles. The van der Waals surface area contributed by atoms with Crippen LogP contribution in [0.1, 0.15) is 25.3 Å². The average Bonchev–Trinajstić information content (AvgIpc) is 2.30. The molecule has 0 fully saturated rings. The number of hydrogen-bond donors (Lipinski definition) is 0. The fourth-order valence-corrected chi connectivity index (χ4v) is 1.46. The lowest BCUT2D eigenvalue weighted by atomic mass is 9.99. The van der Waals surface area contributed by atoms with Gasteiger partial charge in [0, 0.05) is 11.5 Å². The van der Waals surface area contributed by atoms with Crippen LogP contribution in [0.2, 0.25) is 0 Å². The van der Waals surface area contributed by atoms with Gasteiger partial charge < -0.3 is 4.74 Å². The molecule has 1 nitrogen and oxygen atoms in total. The molecule has 1 aromatic carbocycles. The van der Waals surface area contributed by atoms with Gasteiger partial charge in [0.05, 0.1) is 0 Å². The molecular weight excluding hydrogens is 136 g/mol. The van der Waals surface area contributed by atoms with Crippen LogP contribution in [0, 0.1) is 6.07 Å². The second-order valence-electron chi connectivity index (χ2n) is 3.08. The molecule has 1 aromatic rings. The van der Waals surface area contributed by atoms with Gasteiger partial charge in [-0.25, -0.2) is 0 Å². The Hall–Kier alpha value is -0.980. The Morgan fingerprint density at radius 2 is 2.27 bits per heavy atom. The average molecular weight is 147 g/mol. The molecule has 2 atom stereocenters. The van der Waals surface area contributed by atoms with E-state index in [4.69, 9.17) is 4.74 Å². The van der Waals surface area contributed by atoms with Crippen LogP contribution < -0.4 is 4.74 Å². The van der Waals surface area contributed by atoms with Gasteiger partial charge in [-0.2, -0.15) is 0 Å². The third kappa shape index (κ3) is 0.917. The summed E-state index contributed by atoms with van der Waals surface area (Å²) < 4.78 is 5.59. The third-order valence-electron chi connectivity index (χ3n) is 2.37. The summed E-state index contributed by atoms with van der Waals surface area (Å²) in [4.78, 5) is 0. The fourth-order valence-electron chi connectivity index (χ4n) is 1.46. The van der Waals surface area contributed by atoms with Gasteiger partial charge in [-0.3, -0.25) is 0 Å². The van der Waals surface area contributed by atoms with Crippen LogP contribution in [0.15, 0.2) is 18.2 Å². The van der Waals surface area contributed by atoms with Crippen LogP contribution in [0.5, 0.6) is 5.75 Å². The number of benzene rings is 1. The van der Waals surface area contributed by atoms with Gasteiger partial charge in [-0.05, 0) is 19.1 Å². The lowest BCUT2D eigenvalue weighted by Crippen LogP contribution is -2.10. The highest BCUT2D eigenvalue weighted by molar-refractivity contribution is 5.39. The summed E-state index contributed by atoms with van der Waals surface area (Å²) in [6.07, 6.45) is 0.320. The van der Waals surface area contributed by atoms with E-state index < -0.39 is 0 Å². The number of ether oxygens (including phenoxy) is 1. The van der Waals surface area contributed by atoms with Crippen molar-refractivity contribution in [2.75, 3.05) is 0 Å². The molecule has 0 amide bonds. The lowest BCUT2D eigenvalue weighted by molar-refractivity contribution is 0.232. The molecule has 0 aromatic heterocycles. The number of rotatable bonds is 0. The van der Waals surface area contributed by atoms with Crippen LogP contribution in [0.3, 0.4) is 0 Å². The van der Waals surface area contributed by atoms with Gasteiger partial charge in [0.2, 0.25) is 0 Å². The van der Waals surface area contributed by atoms with Crippen molar-refractivity contribution in [2.45, 2.75) is 25.9 Å². The maximum Gasteiger partial charge on any atom is 0.123 e. The van der Waals surface area contributed by atoms with E-state index in [-0.39, 0.29) is 0 Å². The molecule has 0 bridgehead atoms. The molecule has 1 heterocycles. The first-order valence-corrected chi connectivity index (χ1v) is 3.95. The van der Waals surface area contributed by atoms with Gasteiger partial charge >= 0.3 is 0 Å². The highest BCUT2D eigenvalue weighted by Crippen LogP contribution is 2.36. The summed E-state index contributed by atoms with van der Waals surface area (Å²) >= 11 is 0. The first-order chi connectivity index (χ1) is 5.29. The molecular formula is C10H11O. The molecule has 57 valence electrons. The predicted molar refractivity (Wildman–Crippen MR) is 43.8 cm³/mol. The topological polar surface area (TPSA) is 9.23 Å². The van der Waals surface area contributed by atoms with E-state index in [0.29, 0.717) is 12.0 Å². The quantitative estimate of drug-likeness (QED) is 0.547. The van der Waals surface area contributed by atoms with Crippen molar-refractivity contribution in [2.24, 2.45) is 0 Å². The minimum absolute atomic E-state index is 0.320. The van der Waals surface area contributed by atoms with Crippen LogP contribution in [0.25, 0.3) is 0 Å². The first kappa shape index (κ1) is 6.71. The molecule has 2 unspecified atom stereocenters. The SMILES string of the molecule is CC1Oc2c[c]ccc2C1C. The normalized spacial score (nSPS) is 27.8. The van der Waals surface area contributed by atoms with Crippen molar-refractivity contribution in [1.29, 1.82) is 0 Å². The lowest BCUT2D eigenvalue weighted by Gasteiger charge is -2.06. The molecule has 11 heavy (non-hydrogen) atoms. The second kappa shape index (κ2) is 2.26. The van der Waals surface area contributed by atoms with Crippen molar-refractivity contribution in [3.63, 3.8) is 0 Å². The number of hydrogen-bond acceptors (Lipinski definition) is 1. The van der Waals surface area contributed by atoms with Gasteiger partial charge in [0.1, 0.15) is 11.9 Å². The van der Waals surface area contributed by atoms with Crippen LogP contribution >= 0.6 is 0 Å². The monoisotopic (exact) mass is 147 g/mol. The summed E-state index contributed by atoms with van der Waals surface area (Å²) in [5.74, 6) is 1.53. The first-order valence-electron chi connectivity index (χ1n) is 3.95. The minimum Gasteiger partial charge on any atom is -0.490 e. The largest absolute Gasteiger partial charge is 0.490 e.